The molecule has 1 atom stereocenters. The highest BCUT2D eigenvalue weighted by molar-refractivity contribution is 8.00. The molecule has 0 aromatic carbocycles. The van der Waals surface area contributed by atoms with Gasteiger partial charge in [0.1, 0.15) is 0 Å². The second kappa shape index (κ2) is 5.94. The van der Waals surface area contributed by atoms with Crippen LogP contribution in [-0.4, -0.2) is 29.0 Å². The van der Waals surface area contributed by atoms with Crippen LogP contribution in [0.4, 0.5) is 0 Å². The zero-order valence-corrected chi connectivity index (χ0v) is 9.78. The molecule has 0 rings (SSSR count). The van der Waals surface area contributed by atoms with E-state index in [0.717, 1.165) is 5.75 Å². The largest absolute Gasteiger partial charge is 0.344 e. The third-order valence-electron chi connectivity index (χ3n) is 1.44. The van der Waals surface area contributed by atoms with Crippen molar-refractivity contribution in [2.45, 2.75) is 31.6 Å². The lowest BCUT2D eigenvalue weighted by Crippen LogP contribution is -2.37. The number of rotatable bonds is 5. The van der Waals surface area contributed by atoms with Crippen LogP contribution < -0.4 is 11.1 Å². The highest BCUT2D eigenvalue weighted by atomic mass is 32.2. The maximum Gasteiger partial charge on any atom is 0.233 e. The SMILES string of the molecule is C#CCNC(=O)C(C)SCC(C)(C)N. The Morgan fingerprint density at radius 3 is 2.71 bits per heavy atom. The molecule has 0 spiro atoms. The van der Waals surface area contributed by atoms with Gasteiger partial charge in [0.15, 0.2) is 0 Å². The van der Waals surface area contributed by atoms with E-state index >= 15 is 0 Å². The number of nitrogens with two attached hydrogens (primary N) is 1. The minimum atomic E-state index is -0.245. The predicted molar refractivity (Wildman–Crippen MR) is 62.0 cm³/mol. The third kappa shape index (κ3) is 6.81. The number of nitrogens with one attached hydrogen (secondary N) is 1. The number of carbonyl (C=O) groups is 1. The van der Waals surface area contributed by atoms with Crippen LogP contribution in [0.1, 0.15) is 20.8 Å². The Kier molecular flexibility index (Phi) is 5.66. The van der Waals surface area contributed by atoms with Gasteiger partial charge in [-0.3, -0.25) is 4.79 Å². The van der Waals surface area contributed by atoms with Gasteiger partial charge in [0.05, 0.1) is 11.8 Å². The maximum absolute atomic E-state index is 11.4. The normalized spacial score (nSPS) is 13.1. The number of hydrogen-bond donors (Lipinski definition) is 2. The second-order valence-electron chi connectivity index (χ2n) is 3.86. The first-order valence-corrected chi connectivity index (χ1v) is 5.53. The van der Waals surface area contributed by atoms with Gasteiger partial charge in [-0.25, -0.2) is 0 Å². The standard InChI is InChI=1S/C10H18N2OS/c1-5-6-12-9(13)8(2)14-7-10(3,4)11/h1,8H,6-7,11H2,2-4H3,(H,12,13). The molecule has 3 N–H and O–H groups in total. The van der Waals surface area contributed by atoms with E-state index in [1.807, 2.05) is 20.8 Å². The van der Waals surface area contributed by atoms with Crippen LogP contribution in [-0.2, 0) is 4.79 Å². The Balaban J connectivity index is 3.80. The average Bonchev–Trinajstić information content (AvgIpc) is 2.09. The molecule has 0 aliphatic rings. The molecule has 80 valence electrons. The molecular weight excluding hydrogens is 196 g/mol. The topological polar surface area (TPSA) is 55.1 Å². The number of hydrogen-bond acceptors (Lipinski definition) is 3. The van der Waals surface area contributed by atoms with Crippen LogP contribution in [0.5, 0.6) is 0 Å². The molecule has 0 aliphatic carbocycles. The van der Waals surface area contributed by atoms with Crippen LogP contribution in [0.25, 0.3) is 0 Å². The van der Waals surface area contributed by atoms with Gasteiger partial charge in [0, 0.05) is 11.3 Å². The van der Waals surface area contributed by atoms with Gasteiger partial charge in [-0.1, -0.05) is 5.92 Å². The molecule has 1 unspecified atom stereocenters. The Morgan fingerprint density at radius 2 is 2.29 bits per heavy atom. The van der Waals surface area contributed by atoms with Crippen LogP contribution in [0.15, 0.2) is 0 Å². The molecule has 0 fully saturated rings. The summed E-state index contributed by atoms with van der Waals surface area (Å²) in [5.41, 5.74) is 5.55. The van der Waals surface area contributed by atoms with Gasteiger partial charge in [-0.05, 0) is 20.8 Å². The lowest BCUT2D eigenvalue weighted by molar-refractivity contribution is -0.120. The first-order valence-electron chi connectivity index (χ1n) is 4.48. The van der Waals surface area contributed by atoms with E-state index in [1.165, 1.54) is 11.8 Å². The molecule has 0 radical (unpaired) electrons. The van der Waals surface area contributed by atoms with Gasteiger partial charge < -0.3 is 11.1 Å². The second-order valence-corrected chi connectivity index (χ2v) is 5.19. The van der Waals surface area contributed by atoms with Gasteiger partial charge in [-0.15, -0.1) is 18.2 Å². The number of carbonyl (C=O) groups excluding carboxylic acids is 1. The summed E-state index contributed by atoms with van der Waals surface area (Å²) in [6.45, 7) is 6.01. The molecule has 0 saturated carbocycles. The highest BCUT2D eigenvalue weighted by Gasteiger charge is 2.17. The molecule has 1 amide bonds. The molecule has 0 bridgehead atoms. The molecular formula is C10H18N2OS. The fourth-order valence-electron chi connectivity index (χ4n) is 0.697. The van der Waals surface area contributed by atoms with E-state index < -0.39 is 0 Å². The van der Waals surface area contributed by atoms with Crippen molar-refractivity contribution in [2.24, 2.45) is 5.73 Å². The monoisotopic (exact) mass is 214 g/mol. The fourth-order valence-corrected chi connectivity index (χ4v) is 1.61. The summed E-state index contributed by atoms with van der Waals surface area (Å²) in [6.07, 6.45) is 5.03. The number of amides is 1. The van der Waals surface area contributed by atoms with E-state index in [-0.39, 0.29) is 23.2 Å². The van der Waals surface area contributed by atoms with Gasteiger partial charge >= 0.3 is 0 Å². The van der Waals surface area contributed by atoms with Gasteiger partial charge in [0.25, 0.3) is 0 Å². The van der Waals surface area contributed by atoms with Gasteiger partial charge in [0.2, 0.25) is 5.91 Å². The van der Waals surface area contributed by atoms with Crippen molar-refractivity contribution in [1.29, 1.82) is 0 Å². The van der Waals surface area contributed by atoms with Crippen molar-refractivity contribution in [1.82, 2.24) is 5.32 Å². The molecule has 0 aliphatic heterocycles. The summed E-state index contributed by atoms with van der Waals surface area (Å²) in [7, 11) is 0. The Bertz CT molecular complexity index is 227. The first-order chi connectivity index (χ1) is 6.37. The summed E-state index contributed by atoms with van der Waals surface area (Å²) < 4.78 is 0. The van der Waals surface area contributed by atoms with Crippen LogP contribution >= 0.6 is 11.8 Å². The van der Waals surface area contributed by atoms with E-state index in [1.54, 1.807) is 0 Å². The van der Waals surface area contributed by atoms with E-state index in [0.29, 0.717) is 0 Å². The average molecular weight is 214 g/mol. The molecule has 14 heavy (non-hydrogen) atoms. The van der Waals surface area contributed by atoms with Crippen LogP contribution in [0, 0.1) is 12.3 Å². The quantitative estimate of drug-likeness (QED) is 0.659. The summed E-state index contributed by atoms with van der Waals surface area (Å²) >= 11 is 1.54. The minimum absolute atomic E-state index is 0.0304. The molecule has 3 nitrogen and oxygen atoms in total. The minimum Gasteiger partial charge on any atom is -0.344 e. The summed E-state index contributed by atoms with van der Waals surface area (Å²) in [4.78, 5) is 11.4. The van der Waals surface area contributed by atoms with Crippen molar-refractivity contribution >= 4 is 17.7 Å². The summed E-state index contributed by atoms with van der Waals surface area (Å²) in [5, 5.41) is 2.53. The Labute approximate surface area is 90.2 Å². The van der Waals surface area contributed by atoms with Crippen molar-refractivity contribution < 1.29 is 4.79 Å². The molecule has 0 aromatic rings. The van der Waals surface area contributed by atoms with Crippen molar-refractivity contribution in [3.05, 3.63) is 0 Å². The van der Waals surface area contributed by atoms with Crippen molar-refractivity contribution in [2.75, 3.05) is 12.3 Å². The highest BCUT2D eigenvalue weighted by Crippen LogP contribution is 2.15. The summed E-state index contributed by atoms with van der Waals surface area (Å²) in [6, 6.07) is 0. The predicted octanol–water partition coefficient (Wildman–Crippen LogP) is 0.595. The maximum atomic E-state index is 11.4. The Morgan fingerprint density at radius 1 is 1.71 bits per heavy atom. The molecule has 0 aromatic heterocycles. The lowest BCUT2D eigenvalue weighted by Gasteiger charge is -2.20. The smallest absolute Gasteiger partial charge is 0.233 e. The zero-order valence-electron chi connectivity index (χ0n) is 8.96. The number of terminal acetylenes is 1. The molecule has 0 heterocycles. The van der Waals surface area contributed by atoms with Crippen LogP contribution in [0.2, 0.25) is 0 Å². The van der Waals surface area contributed by atoms with Gasteiger partial charge in [-0.2, -0.15) is 0 Å². The molecule has 0 saturated heterocycles. The Hall–Kier alpha value is -0.660. The third-order valence-corrected chi connectivity index (χ3v) is 3.06. The zero-order chi connectivity index (χ0) is 11.2. The van der Waals surface area contributed by atoms with E-state index in [2.05, 4.69) is 11.2 Å². The fraction of sp³-hybridized carbons (Fsp3) is 0.700. The summed E-state index contributed by atoms with van der Waals surface area (Å²) in [5.74, 6) is 3.08. The van der Waals surface area contributed by atoms with E-state index in [4.69, 9.17) is 12.2 Å². The lowest BCUT2D eigenvalue weighted by atomic mass is 10.1. The molecule has 4 heteroatoms. The number of thioether (sulfide) groups is 1. The van der Waals surface area contributed by atoms with Crippen LogP contribution in [0.3, 0.4) is 0 Å². The first kappa shape index (κ1) is 13.3. The van der Waals surface area contributed by atoms with E-state index in [9.17, 15) is 4.79 Å². The van der Waals surface area contributed by atoms with Crippen molar-refractivity contribution in [3.63, 3.8) is 0 Å². The van der Waals surface area contributed by atoms with Crippen molar-refractivity contribution in [3.8, 4) is 12.3 Å².